The van der Waals surface area contributed by atoms with Gasteiger partial charge in [0.05, 0.1) is 23.1 Å². The van der Waals surface area contributed by atoms with Gasteiger partial charge < -0.3 is 5.73 Å². The minimum atomic E-state index is -0.991. The summed E-state index contributed by atoms with van der Waals surface area (Å²) < 4.78 is 27.0. The van der Waals surface area contributed by atoms with Crippen molar-refractivity contribution in [1.82, 2.24) is 4.90 Å². The van der Waals surface area contributed by atoms with Crippen molar-refractivity contribution in [3.05, 3.63) is 45.5 Å². The summed E-state index contributed by atoms with van der Waals surface area (Å²) in [5, 5.41) is 11.0. The number of amides is 1. The van der Waals surface area contributed by atoms with E-state index in [1.807, 2.05) is 0 Å². The Balaban J connectivity index is 2.33. The van der Waals surface area contributed by atoms with Gasteiger partial charge in [0.15, 0.2) is 0 Å². The molecule has 21 heavy (non-hydrogen) atoms. The fourth-order valence-electron chi connectivity index (χ4n) is 2.32. The van der Waals surface area contributed by atoms with Gasteiger partial charge in [0.1, 0.15) is 11.6 Å². The van der Waals surface area contributed by atoms with Crippen LogP contribution in [-0.2, 0) is 4.79 Å². The largest absolute Gasteiger partial charge is 0.369 e. The maximum Gasteiger partial charge on any atom is 0.282 e. The molecule has 1 aromatic carbocycles. The van der Waals surface area contributed by atoms with Crippen LogP contribution in [0.1, 0.15) is 12.0 Å². The van der Waals surface area contributed by atoms with Crippen LogP contribution in [0.25, 0.3) is 5.57 Å². The number of hydrogen-bond acceptors (Lipinski definition) is 4. The summed E-state index contributed by atoms with van der Waals surface area (Å²) in [6.07, 6.45) is 1.91. The molecule has 112 valence electrons. The minimum Gasteiger partial charge on any atom is -0.369 e. The van der Waals surface area contributed by atoms with Crippen molar-refractivity contribution < 1.29 is 18.5 Å². The Morgan fingerprint density at radius 3 is 2.67 bits per heavy atom. The van der Waals surface area contributed by atoms with Crippen LogP contribution in [0.3, 0.4) is 0 Å². The molecular formula is C13H13F2N3O3. The number of nitro groups is 1. The summed E-state index contributed by atoms with van der Waals surface area (Å²) in [4.78, 5) is 22.7. The number of rotatable bonds is 4. The Morgan fingerprint density at radius 2 is 2.14 bits per heavy atom. The van der Waals surface area contributed by atoms with Crippen molar-refractivity contribution in [3.8, 4) is 0 Å². The van der Waals surface area contributed by atoms with Crippen molar-refractivity contribution in [2.24, 2.45) is 5.73 Å². The molecule has 0 bridgehead atoms. The molecule has 2 N–H and O–H groups in total. The van der Waals surface area contributed by atoms with Gasteiger partial charge in [0, 0.05) is 19.2 Å². The summed E-state index contributed by atoms with van der Waals surface area (Å²) >= 11 is 0. The summed E-state index contributed by atoms with van der Waals surface area (Å²) in [7, 11) is 0. The highest BCUT2D eigenvalue weighted by atomic mass is 19.1. The highest BCUT2D eigenvalue weighted by molar-refractivity contribution is 5.77. The number of carbonyl (C=O) groups is 1. The zero-order chi connectivity index (χ0) is 15.6. The predicted octanol–water partition coefficient (Wildman–Crippen LogP) is 1.45. The third-order valence-corrected chi connectivity index (χ3v) is 3.22. The van der Waals surface area contributed by atoms with E-state index in [0.29, 0.717) is 37.2 Å². The molecule has 0 fully saturated rings. The molecule has 1 aromatic rings. The van der Waals surface area contributed by atoms with Crippen molar-refractivity contribution in [2.75, 3.05) is 19.6 Å². The van der Waals surface area contributed by atoms with E-state index in [2.05, 4.69) is 0 Å². The normalized spacial score (nSPS) is 15.6. The van der Waals surface area contributed by atoms with Crippen molar-refractivity contribution in [2.45, 2.75) is 6.42 Å². The molecule has 8 heteroatoms. The lowest BCUT2D eigenvalue weighted by molar-refractivity contribution is -0.385. The van der Waals surface area contributed by atoms with Gasteiger partial charge in [-0.05, 0) is 12.0 Å². The van der Waals surface area contributed by atoms with E-state index >= 15 is 0 Å². The highest BCUT2D eigenvalue weighted by Crippen LogP contribution is 2.33. The highest BCUT2D eigenvalue weighted by Gasteiger charge is 2.25. The lowest BCUT2D eigenvalue weighted by Gasteiger charge is -2.25. The maximum atomic E-state index is 13.9. The number of nitro benzene ring substituents is 1. The molecule has 0 aliphatic carbocycles. The second-order valence-electron chi connectivity index (χ2n) is 4.72. The fourth-order valence-corrected chi connectivity index (χ4v) is 2.32. The van der Waals surface area contributed by atoms with E-state index in [9.17, 15) is 23.7 Å². The summed E-state index contributed by atoms with van der Waals surface area (Å²) in [6, 6.07) is 1.33. The van der Waals surface area contributed by atoms with Crippen molar-refractivity contribution in [1.29, 1.82) is 0 Å². The second-order valence-corrected chi connectivity index (χ2v) is 4.72. The standard InChI is InChI=1S/C13H13F2N3O3/c14-9-5-10(15)13(11(6-9)18(20)21)8-1-3-17(4-2-8)7-12(16)19/h1,5-6H,2-4,7H2,(H2,16,19). The van der Waals surface area contributed by atoms with Gasteiger partial charge >= 0.3 is 0 Å². The first-order chi connectivity index (χ1) is 9.88. The minimum absolute atomic E-state index is 0.0672. The Kier molecular flexibility index (Phi) is 4.27. The quantitative estimate of drug-likeness (QED) is 0.672. The number of carbonyl (C=O) groups excluding carboxylic acids is 1. The molecule has 0 radical (unpaired) electrons. The van der Waals surface area contributed by atoms with Crippen LogP contribution < -0.4 is 5.73 Å². The van der Waals surface area contributed by atoms with E-state index in [1.54, 1.807) is 11.0 Å². The van der Waals surface area contributed by atoms with E-state index in [4.69, 9.17) is 5.73 Å². The first kappa shape index (κ1) is 15.0. The van der Waals surface area contributed by atoms with Crippen molar-refractivity contribution >= 4 is 17.2 Å². The smallest absolute Gasteiger partial charge is 0.282 e. The Labute approximate surface area is 119 Å². The average Bonchev–Trinajstić information content (AvgIpc) is 2.38. The number of halogens is 2. The molecular weight excluding hydrogens is 284 g/mol. The third kappa shape index (κ3) is 3.40. The van der Waals surface area contributed by atoms with Gasteiger partial charge in [0.25, 0.3) is 5.69 Å². The molecule has 6 nitrogen and oxygen atoms in total. The Hall–Kier alpha value is -2.35. The van der Waals surface area contributed by atoms with E-state index in [0.717, 1.165) is 0 Å². The number of nitrogens with two attached hydrogens (primary N) is 1. The maximum absolute atomic E-state index is 13.9. The zero-order valence-electron chi connectivity index (χ0n) is 11.0. The average molecular weight is 297 g/mol. The zero-order valence-corrected chi connectivity index (χ0v) is 11.0. The van der Waals surface area contributed by atoms with E-state index in [-0.39, 0.29) is 12.1 Å². The van der Waals surface area contributed by atoms with Crippen LogP contribution in [0.15, 0.2) is 18.2 Å². The van der Waals surface area contributed by atoms with Crippen LogP contribution in [-0.4, -0.2) is 35.4 Å². The van der Waals surface area contributed by atoms with Gasteiger partial charge in [-0.25, -0.2) is 8.78 Å². The molecule has 0 atom stereocenters. The van der Waals surface area contributed by atoms with Gasteiger partial charge in [-0.2, -0.15) is 0 Å². The molecule has 1 aliphatic heterocycles. The summed E-state index contributed by atoms with van der Waals surface area (Å²) in [6.45, 7) is 0.812. The molecule has 2 rings (SSSR count). The molecule has 0 saturated heterocycles. The summed E-state index contributed by atoms with van der Waals surface area (Å²) in [5.41, 5.74) is 4.72. The molecule has 0 saturated carbocycles. The van der Waals surface area contributed by atoms with Crippen LogP contribution in [0.4, 0.5) is 14.5 Å². The molecule has 0 aromatic heterocycles. The fraction of sp³-hybridized carbons (Fsp3) is 0.308. The van der Waals surface area contributed by atoms with Gasteiger partial charge in [-0.1, -0.05) is 6.08 Å². The number of nitrogens with zero attached hydrogens (tertiary/aromatic N) is 2. The summed E-state index contributed by atoms with van der Waals surface area (Å²) in [5.74, 6) is -2.43. The van der Waals surface area contributed by atoms with Crippen LogP contribution in [0.5, 0.6) is 0 Å². The van der Waals surface area contributed by atoms with Gasteiger partial charge in [0.2, 0.25) is 5.91 Å². The van der Waals surface area contributed by atoms with Crippen LogP contribution >= 0.6 is 0 Å². The lowest BCUT2D eigenvalue weighted by atomic mass is 9.97. The first-order valence-electron chi connectivity index (χ1n) is 6.22. The Morgan fingerprint density at radius 1 is 1.43 bits per heavy atom. The van der Waals surface area contributed by atoms with E-state index in [1.165, 1.54) is 0 Å². The van der Waals surface area contributed by atoms with Crippen LogP contribution in [0, 0.1) is 21.7 Å². The first-order valence-corrected chi connectivity index (χ1v) is 6.22. The molecule has 0 unspecified atom stereocenters. The molecule has 1 amide bonds. The molecule has 1 aliphatic rings. The lowest BCUT2D eigenvalue weighted by Crippen LogP contribution is -2.36. The molecule has 1 heterocycles. The number of hydrogen-bond donors (Lipinski definition) is 1. The van der Waals surface area contributed by atoms with Crippen LogP contribution in [0.2, 0.25) is 0 Å². The van der Waals surface area contributed by atoms with Gasteiger partial charge in [-0.15, -0.1) is 0 Å². The van der Waals surface area contributed by atoms with Gasteiger partial charge in [-0.3, -0.25) is 19.8 Å². The topological polar surface area (TPSA) is 89.5 Å². The SMILES string of the molecule is NC(=O)CN1CC=C(c2c(F)cc(F)cc2[N+](=O)[O-])CC1. The third-order valence-electron chi connectivity index (χ3n) is 3.22. The molecule has 0 spiro atoms. The number of benzene rings is 1. The van der Waals surface area contributed by atoms with Crippen molar-refractivity contribution in [3.63, 3.8) is 0 Å². The Bertz CT molecular complexity index is 631. The predicted molar refractivity (Wildman–Crippen MR) is 71.2 cm³/mol. The van der Waals surface area contributed by atoms with E-state index < -0.39 is 28.2 Å². The number of primary amides is 1. The monoisotopic (exact) mass is 297 g/mol. The second kappa shape index (κ2) is 5.96.